The van der Waals surface area contributed by atoms with Crippen LogP contribution < -0.4 is 10.7 Å². The Balaban J connectivity index is 1.55. The van der Waals surface area contributed by atoms with Crippen LogP contribution in [0.25, 0.3) is 0 Å². The molecule has 0 radical (unpaired) electrons. The van der Waals surface area contributed by atoms with Gasteiger partial charge in [-0.25, -0.2) is 8.78 Å². The predicted octanol–water partition coefficient (Wildman–Crippen LogP) is 2.38. The van der Waals surface area contributed by atoms with E-state index in [0.717, 1.165) is 12.1 Å². The number of nitrogens with one attached hydrogen (secondary N) is 1. The number of hydrogen-bond acceptors (Lipinski definition) is 6. The molecule has 36 heavy (non-hydrogen) atoms. The van der Waals surface area contributed by atoms with Gasteiger partial charge >= 0.3 is 0 Å². The number of carbonyl (C=O) groups is 2. The number of pyridine rings is 1. The molecule has 2 fully saturated rings. The zero-order valence-corrected chi connectivity index (χ0v) is 20.0. The Labute approximate surface area is 205 Å². The van der Waals surface area contributed by atoms with Crippen LogP contribution >= 0.6 is 0 Å². The number of aromatic hydroxyl groups is 1. The molecule has 0 unspecified atom stereocenters. The lowest BCUT2D eigenvalue weighted by Crippen LogP contribution is -2.55. The molecule has 2 amide bonds. The summed E-state index contributed by atoms with van der Waals surface area (Å²) >= 11 is 0. The van der Waals surface area contributed by atoms with Gasteiger partial charge in [-0.2, -0.15) is 0 Å². The van der Waals surface area contributed by atoms with Crippen molar-refractivity contribution in [3.05, 3.63) is 62.6 Å². The van der Waals surface area contributed by atoms with E-state index >= 15 is 0 Å². The Morgan fingerprint density at radius 3 is 2.56 bits per heavy atom. The third kappa shape index (κ3) is 3.86. The number of ether oxygens (including phenoxy) is 2. The van der Waals surface area contributed by atoms with Crippen molar-refractivity contribution in [2.45, 2.75) is 57.5 Å². The first kappa shape index (κ1) is 24.4. The van der Waals surface area contributed by atoms with Crippen LogP contribution in [0.3, 0.4) is 0 Å². The number of nitrogens with zero attached hydrogens (tertiary/aromatic N) is 2. The Hall–Kier alpha value is -3.31. The zero-order valence-electron chi connectivity index (χ0n) is 20.0. The van der Waals surface area contributed by atoms with Crippen molar-refractivity contribution in [1.82, 2.24) is 14.8 Å². The minimum Gasteiger partial charge on any atom is -0.503 e. The molecule has 2 atom stereocenters. The fourth-order valence-corrected chi connectivity index (χ4v) is 5.29. The first-order chi connectivity index (χ1) is 17.1. The summed E-state index contributed by atoms with van der Waals surface area (Å²) in [5.41, 5.74) is -1.73. The van der Waals surface area contributed by atoms with Gasteiger partial charge in [0.15, 0.2) is 17.2 Å². The Bertz CT molecular complexity index is 1280. The van der Waals surface area contributed by atoms with Crippen LogP contribution in [-0.2, 0) is 16.0 Å². The summed E-state index contributed by atoms with van der Waals surface area (Å²) in [7, 11) is 0. The molecular weight excluding hydrogens is 476 g/mol. The monoisotopic (exact) mass is 503 g/mol. The summed E-state index contributed by atoms with van der Waals surface area (Å²) in [6.45, 7) is 4.00. The van der Waals surface area contributed by atoms with E-state index in [1.165, 1.54) is 17.7 Å². The number of aromatic nitrogens is 1. The number of benzene rings is 1. The van der Waals surface area contributed by atoms with Gasteiger partial charge in [-0.05, 0) is 44.4 Å². The number of carbonyl (C=O) groups excluding carboxylic acids is 2. The summed E-state index contributed by atoms with van der Waals surface area (Å²) < 4.78 is 42.0. The van der Waals surface area contributed by atoms with Crippen LogP contribution in [0.1, 0.15) is 64.2 Å². The summed E-state index contributed by atoms with van der Waals surface area (Å²) in [4.78, 5) is 40.8. The van der Waals surface area contributed by atoms with Gasteiger partial charge in [0.2, 0.25) is 5.43 Å². The molecule has 2 N–H and O–H groups in total. The van der Waals surface area contributed by atoms with Crippen LogP contribution in [0.4, 0.5) is 8.78 Å². The van der Waals surface area contributed by atoms with E-state index < -0.39 is 58.6 Å². The molecule has 1 spiro atoms. The molecule has 192 valence electrons. The molecule has 2 bridgehead atoms. The highest BCUT2D eigenvalue weighted by Gasteiger charge is 2.52. The second-order valence-corrected chi connectivity index (χ2v) is 9.59. The lowest BCUT2D eigenvalue weighted by Gasteiger charge is -2.46. The van der Waals surface area contributed by atoms with E-state index in [4.69, 9.17) is 9.47 Å². The molecular formula is C25H27F2N3O6. The van der Waals surface area contributed by atoms with Crippen LogP contribution in [0.2, 0.25) is 0 Å². The number of fused-ring (bicyclic) bond motifs is 5. The van der Waals surface area contributed by atoms with Crippen molar-refractivity contribution >= 4 is 11.8 Å². The van der Waals surface area contributed by atoms with Crippen molar-refractivity contribution in [2.24, 2.45) is 0 Å². The number of rotatable bonds is 3. The molecule has 0 saturated carbocycles. The molecule has 3 aliphatic heterocycles. The van der Waals surface area contributed by atoms with Crippen LogP contribution in [-0.4, -0.2) is 58.0 Å². The number of amides is 2. The summed E-state index contributed by atoms with van der Waals surface area (Å²) in [6.07, 6.45) is 2.97. The van der Waals surface area contributed by atoms with Gasteiger partial charge in [0.1, 0.15) is 23.2 Å². The van der Waals surface area contributed by atoms with Crippen molar-refractivity contribution in [2.75, 3.05) is 19.8 Å². The van der Waals surface area contributed by atoms with E-state index in [1.807, 2.05) is 6.92 Å². The van der Waals surface area contributed by atoms with Gasteiger partial charge < -0.3 is 29.4 Å². The number of aryl methyl sites for hydroxylation is 1. The third-order valence-corrected chi connectivity index (χ3v) is 7.27. The molecule has 9 nitrogen and oxygen atoms in total. The maximum Gasteiger partial charge on any atom is 0.274 e. The van der Waals surface area contributed by atoms with Gasteiger partial charge in [0, 0.05) is 37.3 Å². The minimum absolute atomic E-state index is 0.181. The van der Waals surface area contributed by atoms with Crippen LogP contribution in [0.5, 0.6) is 5.75 Å². The molecule has 4 heterocycles. The van der Waals surface area contributed by atoms with E-state index in [9.17, 15) is 28.3 Å². The topological polar surface area (TPSA) is 110 Å². The Morgan fingerprint density at radius 1 is 1.22 bits per heavy atom. The molecule has 5 rings (SSSR count). The molecule has 1 aromatic carbocycles. The quantitative estimate of drug-likeness (QED) is 0.666. The lowest BCUT2D eigenvalue weighted by atomic mass is 9.98. The maximum absolute atomic E-state index is 14.2. The van der Waals surface area contributed by atoms with Gasteiger partial charge in [-0.1, -0.05) is 0 Å². The molecule has 3 aliphatic rings. The molecule has 2 aromatic rings. The average molecular weight is 504 g/mol. The fraction of sp³-hybridized carbons (Fsp3) is 0.480. The van der Waals surface area contributed by atoms with E-state index in [1.54, 1.807) is 4.90 Å². The Morgan fingerprint density at radius 2 is 1.89 bits per heavy atom. The van der Waals surface area contributed by atoms with E-state index in [-0.39, 0.29) is 23.8 Å². The van der Waals surface area contributed by atoms with Crippen molar-refractivity contribution in [1.29, 1.82) is 0 Å². The second kappa shape index (κ2) is 8.97. The van der Waals surface area contributed by atoms with Gasteiger partial charge in [-0.15, -0.1) is 0 Å². The predicted molar refractivity (Wildman–Crippen MR) is 123 cm³/mol. The van der Waals surface area contributed by atoms with Gasteiger partial charge in [0.05, 0.1) is 13.2 Å². The normalized spacial score (nSPS) is 22.8. The lowest BCUT2D eigenvalue weighted by molar-refractivity contribution is -0.291. The molecule has 1 aromatic heterocycles. The van der Waals surface area contributed by atoms with Crippen molar-refractivity contribution in [3.63, 3.8) is 0 Å². The first-order valence-corrected chi connectivity index (χ1v) is 11.9. The SMILES string of the molecule is Cc1cc(F)c(CNC(=O)c2cn3c(c(O)c2=O)C(=O)N2C[C@@H]3C3(CC[C@@H]2C)OCCCO3)c(F)c1. The molecule has 0 aliphatic carbocycles. The van der Waals surface area contributed by atoms with Crippen molar-refractivity contribution in [3.8, 4) is 5.75 Å². The van der Waals surface area contributed by atoms with Crippen molar-refractivity contribution < 1.29 is 33.0 Å². The van der Waals surface area contributed by atoms with Gasteiger partial charge in [0.25, 0.3) is 11.8 Å². The highest BCUT2D eigenvalue weighted by Crippen LogP contribution is 2.44. The Kier molecular flexibility index (Phi) is 6.08. The summed E-state index contributed by atoms with van der Waals surface area (Å²) in [5, 5.41) is 13.2. The van der Waals surface area contributed by atoms with Crippen LogP contribution in [0, 0.1) is 18.6 Å². The highest BCUT2D eigenvalue weighted by molar-refractivity contribution is 5.99. The second-order valence-electron chi connectivity index (χ2n) is 9.59. The number of hydrogen-bond donors (Lipinski definition) is 2. The largest absolute Gasteiger partial charge is 0.503 e. The summed E-state index contributed by atoms with van der Waals surface area (Å²) in [6, 6.07) is 1.47. The van der Waals surface area contributed by atoms with E-state index in [0.29, 0.717) is 38.0 Å². The minimum atomic E-state index is -1.10. The molecule has 2 saturated heterocycles. The molecule has 11 heteroatoms. The number of halogens is 2. The average Bonchev–Trinajstić information content (AvgIpc) is 2.95. The smallest absolute Gasteiger partial charge is 0.274 e. The first-order valence-electron chi connectivity index (χ1n) is 11.9. The highest BCUT2D eigenvalue weighted by atomic mass is 19.1. The summed E-state index contributed by atoms with van der Waals surface area (Å²) in [5.74, 6) is -5.09. The van der Waals surface area contributed by atoms with Crippen LogP contribution in [0.15, 0.2) is 23.1 Å². The van der Waals surface area contributed by atoms with E-state index in [2.05, 4.69) is 5.32 Å². The third-order valence-electron chi connectivity index (χ3n) is 7.27. The standard InChI is InChI=1S/C25H27F2N3O6/c1-13-8-17(26)15(18(27)9-13)10-28-23(33)16-11-30-19-12-29(24(34)20(30)22(32)21(16)31)14(2)4-5-25(19)35-6-3-7-36-25/h8-9,11,14,19,32H,3-7,10,12H2,1-2H3,(H,28,33)/t14-,19+/m0/s1. The maximum atomic E-state index is 14.2. The zero-order chi connectivity index (χ0) is 25.8. The fourth-order valence-electron chi connectivity index (χ4n) is 5.29. The van der Waals surface area contributed by atoms with Gasteiger partial charge in [-0.3, -0.25) is 14.4 Å².